The molecule has 1 aromatic heterocycles. The lowest BCUT2D eigenvalue weighted by Crippen LogP contribution is -2.39. The third-order valence-electron chi connectivity index (χ3n) is 4.76. The zero-order chi connectivity index (χ0) is 14.8. The molecule has 114 valence electrons. The molecule has 2 unspecified atom stereocenters. The molecule has 21 heavy (non-hydrogen) atoms. The average molecular weight is 302 g/mol. The second kappa shape index (κ2) is 6.47. The summed E-state index contributed by atoms with van der Waals surface area (Å²) < 4.78 is 1.41. The number of hydrogen-bond acceptors (Lipinski definition) is 3. The Balaban J connectivity index is 1.66. The summed E-state index contributed by atoms with van der Waals surface area (Å²) in [7, 11) is 0. The van der Waals surface area contributed by atoms with E-state index in [0.717, 1.165) is 6.54 Å². The molecule has 1 aromatic carbocycles. The summed E-state index contributed by atoms with van der Waals surface area (Å²) in [4.78, 5) is 4.10. The maximum Gasteiger partial charge on any atom is 0.0389 e. The van der Waals surface area contributed by atoms with Gasteiger partial charge in [-0.2, -0.15) is 0 Å². The lowest BCUT2D eigenvalue weighted by molar-refractivity contribution is 0.247. The highest BCUT2D eigenvalue weighted by Crippen LogP contribution is 2.34. The van der Waals surface area contributed by atoms with Crippen molar-refractivity contribution in [2.24, 2.45) is 0 Å². The molecule has 2 atom stereocenters. The standard InChI is InChI=1S/C18H26N2S/c1-13(20-10-6-7-11-20)12-19-15(3)18-14(2)16-8-4-5-9-17(16)21-18/h4-5,8-9,13,15,19H,6-7,10-12H2,1-3H3. The van der Waals surface area contributed by atoms with Crippen LogP contribution in [-0.2, 0) is 0 Å². The van der Waals surface area contributed by atoms with Gasteiger partial charge in [0, 0.05) is 28.2 Å². The van der Waals surface area contributed by atoms with Crippen molar-refractivity contribution in [3.8, 4) is 0 Å². The lowest BCUT2D eigenvalue weighted by Gasteiger charge is -2.25. The predicted octanol–water partition coefficient (Wildman–Crippen LogP) is 4.34. The van der Waals surface area contributed by atoms with E-state index in [9.17, 15) is 0 Å². The summed E-state index contributed by atoms with van der Waals surface area (Å²) in [6, 6.07) is 9.83. The Labute approximate surface area is 132 Å². The topological polar surface area (TPSA) is 15.3 Å². The number of nitrogens with one attached hydrogen (secondary N) is 1. The van der Waals surface area contributed by atoms with Crippen molar-refractivity contribution in [2.45, 2.75) is 45.7 Å². The van der Waals surface area contributed by atoms with Crippen molar-refractivity contribution in [3.63, 3.8) is 0 Å². The number of hydrogen-bond donors (Lipinski definition) is 1. The summed E-state index contributed by atoms with van der Waals surface area (Å²) in [6.07, 6.45) is 2.74. The molecule has 0 spiro atoms. The van der Waals surface area contributed by atoms with Crippen LogP contribution in [-0.4, -0.2) is 30.6 Å². The number of likely N-dealkylation sites (tertiary alicyclic amines) is 1. The van der Waals surface area contributed by atoms with Gasteiger partial charge in [0.25, 0.3) is 0 Å². The molecule has 2 nitrogen and oxygen atoms in total. The fourth-order valence-corrected chi connectivity index (χ4v) is 4.60. The SMILES string of the molecule is Cc1c(C(C)NCC(C)N2CCCC2)sc2ccccc12. The van der Waals surface area contributed by atoms with Gasteiger partial charge in [0.2, 0.25) is 0 Å². The Hall–Kier alpha value is -0.900. The molecule has 0 amide bonds. The summed E-state index contributed by atoms with van der Waals surface area (Å²) in [5.74, 6) is 0. The van der Waals surface area contributed by atoms with Crippen LogP contribution in [0.2, 0.25) is 0 Å². The van der Waals surface area contributed by atoms with Gasteiger partial charge in [-0.3, -0.25) is 4.90 Å². The van der Waals surface area contributed by atoms with Gasteiger partial charge in [0.05, 0.1) is 0 Å². The highest BCUT2D eigenvalue weighted by molar-refractivity contribution is 7.19. The summed E-state index contributed by atoms with van der Waals surface area (Å²) in [5.41, 5.74) is 1.45. The minimum atomic E-state index is 0.437. The molecule has 0 saturated carbocycles. The minimum absolute atomic E-state index is 0.437. The Morgan fingerprint density at radius 1 is 1.19 bits per heavy atom. The number of fused-ring (bicyclic) bond motifs is 1. The van der Waals surface area contributed by atoms with Crippen LogP contribution in [0, 0.1) is 6.92 Å². The van der Waals surface area contributed by atoms with E-state index in [2.05, 4.69) is 55.3 Å². The fraction of sp³-hybridized carbons (Fsp3) is 0.556. The number of rotatable bonds is 5. The van der Waals surface area contributed by atoms with E-state index < -0.39 is 0 Å². The number of nitrogens with zero attached hydrogens (tertiary/aromatic N) is 1. The van der Waals surface area contributed by atoms with E-state index in [1.54, 1.807) is 0 Å². The van der Waals surface area contributed by atoms with E-state index >= 15 is 0 Å². The molecule has 0 radical (unpaired) electrons. The van der Waals surface area contributed by atoms with Gasteiger partial charge in [-0.1, -0.05) is 18.2 Å². The maximum atomic E-state index is 3.75. The van der Waals surface area contributed by atoms with Gasteiger partial charge >= 0.3 is 0 Å². The van der Waals surface area contributed by atoms with Crippen LogP contribution >= 0.6 is 11.3 Å². The van der Waals surface area contributed by atoms with Crippen molar-refractivity contribution in [1.82, 2.24) is 10.2 Å². The highest BCUT2D eigenvalue weighted by atomic mass is 32.1. The van der Waals surface area contributed by atoms with Gasteiger partial charge in [0.15, 0.2) is 0 Å². The molecule has 1 fully saturated rings. The Morgan fingerprint density at radius 3 is 2.62 bits per heavy atom. The van der Waals surface area contributed by atoms with Crippen LogP contribution < -0.4 is 5.32 Å². The molecule has 0 bridgehead atoms. The molecule has 3 heteroatoms. The summed E-state index contributed by atoms with van der Waals surface area (Å²) in [5, 5.41) is 5.16. The quantitative estimate of drug-likeness (QED) is 0.883. The van der Waals surface area contributed by atoms with Gasteiger partial charge in [-0.15, -0.1) is 11.3 Å². The Morgan fingerprint density at radius 2 is 1.90 bits per heavy atom. The molecular formula is C18H26N2S. The molecule has 1 aliphatic rings. The third kappa shape index (κ3) is 3.15. The first kappa shape index (κ1) is 15.0. The van der Waals surface area contributed by atoms with Gasteiger partial charge in [0.1, 0.15) is 0 Å². The first-order valence-electron chi connectivity index (χ1n) is 8.12. The number of aryl methyl sites for hydroxylation is 1. The molecule has 2 aromatic rings. The third-order valence-corrected chi connectivity index (χ3v) is 6.21. The first-order chi connectivity index (χ1) is 10.2. The first-order valence-corrected chi connectivity index (χ1v) is 8.94. The molecule has 1 aliphatic heterocycles. The Kier molecular flexibility index (Phi) is 4.63. The predicted molar refractivity (Wildman–Crippen MR) is 93.2 cm³/mol. The molecule has 1 saturated heterocycles. The fourth-order valence-electron chi connectivity index (χ4n) is 3.36. The van der Waals surface area contributed by atoms with Crippen molar-refractivity contribution in [1.29, 1.82) is 0 Å². The lowest BCUT2D eigenvalue weighted by atomic mass is 10.1. The minimum Gasteiger partial charge on any atom is -0.308 e. The van der Waals surface area contributed by atoms with Crippen LogP contribution in [0.15, 0.2) is 24.3 Å². The Bertz CT molecular complexity index is 598. The average Bonchev–Trinajstić information content (AvgIpc) is 3.13. The molecule has 2 heterocycles. The van der Waals surface area contributed by atoms with Crippen molar-refractivity contribution >= 4 is 21.4 Å². The normalized spacial score (nSPS) is 19.2. The van der Waals surface area contributed by atoms with Crippen LogP contribution in [0.4, 0.5) is 0 Å². The molecule has 0 aliphatic carbocycles. The van der Waals surface area contributed by atoms with E-state index in [-0.39, 0.29) is 0 Å². The van der Waals surface area contributed by atoms with E-state index in [4.69, 9.17) is 0 Å². The summed E-state index contributed by atoms with van der Waals surface area (Å²) in [6.45, 7) is 10.5. The van der Waals surface area contributed by atoms with Crippen LogP contribution in [0.5, 0.6) is 0 Å². The van der Waals surface area contributed by atoms with Crippen LogP contribution in [0.3, 0.4) is 0 Å². The second-order valence-electron chi connectivity index (χ2n) is 6.31. The van der Waals surface area contributed by atoms with Crippen molar-refractivity contribution < 1.29 is 0 Å². The molecule has 1 N–H and O–H groups in total. The van der Waals surface area contributed by atoms with Gasteiger partial charge in [-0.05, 0) is 63.7 Å². The number of benzene rings is 1. The van der Waals surface area contributed by atoms with Crippen LogP contribution in [0.25, 0.3) is 10.1 Å². The second-order valence-corrected chi connectivity index (χ2v) is 7.39. The van der Waals surface area contributed by atoms with E-state index in [0.29, 0.717) is 12.1 Å². The zero-order valence-electron chi connectivity index (χ0n) is 13.4. The molecular weight excluding hydrogens is 276 g/mol. The van der Waals surface area contributed by atoms with Gasteiger partial charge in [-0.25, -0.2) is 0 Å². The smallest absolute Gasteiger partial charge is 0.0389 e. The maximum absolute atomic E-state index is 3.75. The van der Waals surface area contributed by atoms with E-state index in [1.165, 1.54) is 46.5 Å². The zero-order valence-corrected chi connectivity index (χ0v) is 14.2. The highest BCUT2D eigenvalue weighted by Gasteiger charge is 2.19. The number of thiophene rings is 1. The van der Waals surface area contributed by atoms with Gasteiger partial charge < -0.3 is 5.32 Å². The summed E-state index contributed by atoms with van der Waals surface area (Å²) >= 11 is 1.94. The molecule has 3 rings (SSSR count). The van der Waals surface area contributed by atoms with Crippen molar-refractivity contribution in [3.05, 3.63) is 34.7 Å². The monoisotopic (exact) mass is 302 g/mol. The van der Waals surface area contributed by atoms with E-state index in [1.807, 2.05) is 11.3 Å². The largest absolute Gasteiger partial charge is 0.308 e. The van der Waals surface area contributed by atoms with Crippen LogP contribution in [0.1, 0.15) is 43.2 Å². The van der Waals surface area contributed by atoms with Crippen molar-refractivity contribution in [2.75, 3.05) is 19.6 Å².